The van der Waals surface area contributed by atoms with Crippen LogP contribution in [-0.4, -0.2) is 72.9 Å². The van der Waals surface area contributed by atoms with Gasteiger partial charge in [0.05, 0.1) is 31.3 Å². The molecule has 3 aliphatic carbocycles. The second-order valence-corrected chi connectivity index (χ2v) is 10.3. The largest absolute Gasteiger partial charge is 0.482 e. The molecule has 0 radical (unpaired) electrons. The van der Waals surface area contributed by atoms with Crippen molar-refractivity contribution >= 4 is 5.97 Å². The number of likely N-dealkylation sites (tertiary alicyclic amines) is 1. The molecular weight excluding hydrogens is 398 g/mol. The molecule has 3 aliphatic heterocycles. The molecule has 7 rings (SSSR count). The molecule has 2 spiro atoms. The summed E-state index contributed by atoms with van der Waals surface area (Å²) in [6, 6.07) is 3.92. The van der Waals surface area contributed by atoms with E-state index >= 15 is 0 Å². The van der Waals surface area contributed by atoms with Gasteiger partial charge in [0.2, 0.25) is 5.79 Å². The summed E-state index contributed by atoms with van der Waals surface area (Å²) in [5.41, 5.74) is 1.05. The molecule has 1 N–H and O–H groups in total. The number of nitrogens with zero attached hydrogens (tertiary/aromatic N) is 1. The number of fused-ring (bicyclic) bond motifs is 1. The number of benzene rings is 1. The van der Waals surface area contributed by atoms with Gasteiger partial charge < -0.3 is 24.1 Å². The van der Waals surface area contributed by atoms with Crippen LogP contribution in [0.25, 0.3) is 0 Å². The Labute approximate surface area is 181 Å². The number of carbonyl (C=O) groups excluding carboxylic acids is 1. The molecule has 0 amide bonds. The first-order chi connectivity index (χ1) is 15.0. The van der Waals surface area contributed by atoms with Crippen LogP contribution in [0.2, 0.25) is 0 Å². The van der Waals surface area contributed by atoms with Gasteiger partial charge in [-0.2, -0.15) is 0 Å². The fourth-order valence-corrected chi connectivity index (χ4v) is 7.49. The quantitative estimate of drug-likeness (QED) is 0.737. The highest BCUT2D eigenvalue weighted by Gasteiger charge is 2.77. The molecule has 7 nitrogen and oxygen atoms in total. The Bertz CT molecular complexity index is 969. The maximum atomic E-state index is 12.6. The first-order valence-corrected chi connectivity index (χ1v) is 11.7. The maximum Gasteiger partial charge on any atom is 0.341 e. The van der Waals surface area contributed by atoms with Crippen LogP contribution >= 0.6 is 0 Å². The van der Waals surface area contributed by atoms with Gasteiger partial charge in [-0.25, -0.2) is 4.79 Å². The van der Waals surface area contributed by atoms with Crippen LogP contribution in [0.1, 0.15) is 53.6 Å². The third-order valence-corrected chi connectivity index (χ3v) is 8.97. The molecule has 7 heteroatoms. The van der Waals surface area contributed by atoms with Crippen molar-refractivity contribution in [1.82, 2.24) is 4.90 Å². The van der Waals surface area contributed by atoms with Crippen molar-refractivity contribution in [2.45, 2.75) is 67.5 Å². The molecule has 0 unspecified atom stereocenters. The molecule has 166 valence electrons. The number of ether oxygens (including phenoxy) is 4. The Morgan fingerprint density at radius 3 is 2.77 bits per heavy atom. The molecule has 2 bridgehead atoms. The van der Waals surface area contributed by atoms with Gasteiger partial charge in [0.25, 0.3) is 0 Å². The van der Waals surface area contributed by atoms with Crippen molar-refractivity contribution in [3.63, 3.8) is 0 Å². The Kier molecular flexibility index (Phi) is 3.66. The highest BCUT2D eigenvalue weighted by Crippen LogP contribution is 2.67. The van der Waals surface area contributed by atoms with Crippen molar-refractivity contribution in [3.8, 4) is 5.75 Å². The second-order valence-electron chi connectivity index (χ2n) is 10.3. The number of hydrogen-bond acceptors (Lipinski definition) is 7. The maximum absolute atomic E-state index is 12.6. The van der Waals surface area contributed by atoms with E-state index in [1.54, 1.807) is 0 Å². The molecule has 2 saturated heterocycles. The number of rotatable bonds is 3. The van der Waals surface area contributed by atoms with Crippen LogP contribution in [0.5, 0.6) is 5.75 Å². The van der Waals surface area contributed by atoms with Crippen molar-refractivity contribution < 1.29 is 28.8 Å². The Balaban J connectivity index is 1.45. The van der Waals surface area contributed by atoms with Crippen molar-refractivity contribution in [3.05, 3.63) is 28.8 Å². The van der Waals surface area contributed by atoms with Crippen LogP contribution < -0.4 is 4.74 Å². The number of carbonyl (C=O) groups is 1. The fourth-order valence-electron chi connectivity index (χ4n) is 7.49. The molecule has 3 heterocycles. The van der Waals surface area contributed by atoms with Crippen molar-refractivity contribution in [1.29, 1.82) is 0 Å². The normalized spacial score (nSPS) is 39.3. The van der Waals surface area contributed by atoms with Gasteiger partial charge in [0.15, 0.2) is 6.10 Å². The summed E-state index contributed by atoms with van der Waals surface area (Å²) in [6.07, 6.45) is 4.89. The van der Waals surface area contributed by atoms with Crippen molar-refractivity contribution in [2.24, 2.45) is 5.92 Å². The van der Waals surface area contributed by atoms with Gasteiger partial charge in [-0.3, -0.25) is 4.90 Å². The van der Waals surface area contributed by atoms with E-state index in [0.29, 0.717) is 37.4 Å². The Morgan fingerprint density at radius 2 is 2.03 bits per heavy atom. The number of methoxy groups -OCH3 is 1. The smallest absolute Gasteiger partial charge is 0.341 e. The van der Waals surface area contributed by atoms with Gasteiger partial charge in [0, 0.05) is 24.6 Å². The van der Waals surface area contributed by atoms with Gasteiger partial charge in [-0.05, 0) is 56.2 Å². The third kappa shape index (κ3) is 2.16. The van der Waals surface area contributed by atoms with E-state index < -0.39 is 28.9 Å². The summed E-state index contributed by atoms with van der Waals surface area (Å²) in [5, 5.41) is 12.5. The zero-order valence-corrected chi connectivity index (χ0v) is 17.9. The van der Waals surface area contributed by atoms with Crippen LogP contribution in [0.15, 0.2) is 12.1 Å². The SMILES string of the molecule is COC(=O)c1ccc2c3c1O[C@H]1C4(CC[C@@]5(O)[C@@H](C2)N(CC2CC2)CC[C@]315)OCCO4. The zero-order valence-electron chi connectivity index (χ0n) is 17.9. The molecule has 4 atom stereocenters. The minimum absolute atomic E-state index is 0.0501. The van der Waals surface area contributed by atoms with Crippen molar-refractivity contribution in [2.75, 3.05) is 33.4 Å². The average molecular weight is 427 g/mol. The van der Waals surface area contributed by atoms with Gasteiger partial charge in [-0.1, -0.05) is 6.07 Å². The van der Waals surface area contributed by atoms with Gasteiger partial charge in [-0.15, -0.1) is 0 Å². The molecule has 2 saturated carbocycles. The molecule has 31 heavy (non-hydrogen) atoms. The topological polar surface area (TPSA) is 77.5 Å². The number of hydrogen-bond donors (Lipinski definition) is 1. The fraction of sp³-hybridized carbons (Fsp3) is 0.708. The van der Waals surface area contributed by atoms with Crippen LogP contribution in [0.4, 0.5) is 0 Å². The van der Waals surface area contributed by atoms with E-state index in [2.05, 4.69) is 4.90 Å². The predicted octanol–water partition coefficient (Wildman–Crippen LogP) is 1.78. The zero-order chi connectivity index (χ0) is 21.0. The van der Waals surface area contributed by atoms with E-state index in [1.165, 1.54) is 25.5 Å². The monoisotopic (exact) mass is 427 g/mol. The summed E-state index contributed by atoms with van der Waals surface area (Å²) >= 11 is 0. The number of aliphatic hydroxyl groups is 1. The lowest BCUT2D eigenvalue weighted by atomic mass is 9.48. The Hall–Kier alpha value is -1.67. The molecule has 1 aromatic carbocycles. The summed E-state index contributed by atoms with van der Waals surface area (Å²) in [7, 11) is 1.39. The van der Waals surface area contributed by atoms with Crippen LogP contribution in [0, 0.1) is 5.92 Å². The minimum atomic E-state index is -0.932. The highest BCUT2D eigenvalue weighted by atomic mass is 16.8. The van der Waals surface area contributed by atoms with Crippen LogP contribution in [-0.2, 0) is 26.0 Å². The molecular formula is C24H29NO6. The van der Waals surface area contributed by atoms with E-state index in [1.807, 2.05) is 12.1 Å². The predicted molar refractivity (Wildman–Crippen MR) is 109 cm³/mol. The average Bonchev–Trinajstić information content (AvgIpc) is 3.33. The van der Waals surface area contributed by atoms with Gasteiger partial charge in [0.1, 0.15) is 11.3 Å². The standard InChI is InChI=1S/C24H29NO6/c1-28-20(26)16-5-4-15-12-17-23(27)6-7-24(29-10-11-30-24)21-22(23,18(15)19(16)31-21)8-9-25(17)13-14-2-3-14/h4-5,14,17,21,27H,2-3,6-13H2,1H3/t17-,21-,22+,23-/m1/s1. The first kappa shape index (κ1) is 18.9. The molecule has 1 aromatic rings. The minimum Gasteiger partial charge on any atom is -0.482 e. The van der Waals surface area contributed by atoms with Gasteiger partial charge >= 0.3 is 5.97 Å². The van der Waals surface area contributed by atoms with Crippen LogP contribution in [0.3, 0.4) is 0 Å². The lowest BCUT2D eigenvalue weighted by Gasteiger charge is -2.65. The summed E-state index contributed by atoms with van der Waals surface area (Å²) < 4.78 is 24.1. The van der Waals surface area contributed by atoms with E-state index in [4.69, 9.17) is 18.9 Å². The Morgan fingerprint density at radius 1 is 1.23 bits per heavy atom. The summed E-state index contributed by atoms with van der Waals surface area (Å²) in [6.45, 7) is 3.03. The van der Waals surface area contributed by atoms with E-state index in [0.717, 1.165) is 37.4 Å². The third-order valence-electron chi connectivity index (χ3n) is 8.97. The molecule has 4 fully saturated rings. The molecule has 6 aliphatic rings. The molecule has 0 aromatic heterocycles. The van der Waals surface area contributed by atoms with E-state index in [9.17, 15) is 9.90 Å². The first-order valence-electron chi connectivity index (χ1n) is 11.7. The highest BCUT2D eigenvalue weighted by molar-refractivity contribution is 5.94. The lowest BCUT2D eigenvalue weighted by Crippen LogP contribution is -2.79. The number of esters is 1. The summed E-state index contributed by atoms with van der Waals surface area (Å²) in [4.78, 5) is 15.1. The second kappa shape index (κ2) is 6.01. The van der Waals surface area contributed by atoms with E-state index in [-0.39, 0.29) is 6.04 Å². The summed E-state index contributed by atoms with van der Waals surface area (Å²) in [5.74, 6) is 0.0637. The number of piperidine rings is 1. The lowest BCUT2D eigenvalue weighted by molar-refractivity contribution is -0.296.